The molecule has 0 aromatic rings. The number of hydrogen-bond acceptors (Lipinski definition) is 5. The Bertz CT molecular complexity index is 349. The lowest BCUT2D eigenvalue weighted by molar-refractivity contribution is -0.139. The minimum Gasteiger partial charge on any atom is -0.462 e. The number of ether oxygens (including phenoxy) is 1. The average molecular weight is 251 g/mol. The van der Waals surface area contributed by atoms with E-state index in [2.05, 4.69) is 6.58 Å². The number of carbonyl (C=O) groups excluding carboxylic acids is 1. The number of esters is 1. The molecule has 0 aliphatic rings. The molecule has 16 heavy (non-hydrogen) atoms. The van der Waals surface area contributed by atoms with Gasteiger partial charge < -0.3 is 10.5 Å². The molecule has 1 atom stereocenters. The maximum absolute atomic E-state index is 11.0. The third-order valence-electron chi connectivity index (χ3n) is 1.93. The van der Waals surface area contributed by atoms with Gasteiger partial charge in [-0.15, -0.1) is 0 Å². The van der Waals surface area contributed by atoms with E-state index in [1.807, 2.05) is 0 Å². The lowest BCUT2D eigenvalue weighted by Crippen LogP contribution is -2.26. The van der Waals surface area contributed by atoms with Gasteiger partial charge in [0.15, 0.2) is 0 Å². The number of hydrogen-bond donors (Lipinski definition) is 2. The SMILES string of the molecule is C=C(C)C(=O)OCCC(CCN)S(=O)(=O)O. The molecule has 0 aliphatic heterocycles. The van der Waals surface area contributed by atoms with Gasteiger partial charge in [0, 0.05) is 12.0 Å². The molecular weight excluding hydrogens is 234 g/mol. The van der Waals surface area contributed by atoms with Crippen molar-refractivity contribution in [3.05, 3.63) is 12.2 Å². The molecule has 0 fully saturated rings. The second-order valence-electron chi connectivity index (χ2n) is 3.42. The minimum atomic E-state index is -4.14. The average Bonchev–Trinajstić information content (AvgIpc) is 2.14. The molecule has 0 saturated heterocycles. The van der Waals surface area contributed by atoms with Crippen LogP contribution in [0, 0.1) is 0 Å². The molecule has 0 aromatic carbocycles. The number of nitrogens with two attached hydrogens (primary N) is 1. The summed E-state index contributed by atoms with van der Waals surface area (Å²) in [5, 5.41) is -0.990. The molecule has 1 unspecified atom stereocenters. The molecule has 0 saturated carbocycles. The molecule has 0 amide bonds. The summed E-state index contributed by atoms with van der Waals surface area (Å²) in [6.07, 6.45) is 0.151. The van der Waals surface area contributed by atoms with Crippen LogP contribution >= 0.6 is 0 Å². The van der Waals surface area contributed by atoms with E-state index in [4.69, 9.17) is 15.0 Å². The molecule has 94 valence electrons. The van der Waals surface area contributed by atoms with Crippen LogP contribution in [0.2, 0.25) is 0 Å². The summed E-state index contributed by atoms with van der Waals surface area (Å²) in [6, 6.07) is 0. The Morgan fingerprint density at radius 2 is 2.06 bits per heavy atom. The van der Waals surface area contributed by atoms with Crippen LogP contribution in [0.1, 0.15) is 19.8 Å². The van der Waals surface area contributed by atoms with Gasteiger partial charge in [0.2, 0.25) is 0 Å². The monoisotopic (exact) mass is 251 g/mol. The van der Waals surface area contributed by atoms with Gasteiger partial charge in [-0.2, -0.15) is 8.42 Å². The van der Waals surface area contributed by atoms with Crippen molar-refractivity contribution in [2.24, 2.45) is 5.73 Å². The first kappa shape index (κ1) is 15.1. The molecule has 0 rings (SSSR count). The third kappa shape index (κ3) is 5.84. The largest absolute Gasteiger partial charge is 0.462 e. The van der Waals surface area contributed by atoms with Crippen molar-refractivity contribution in [3.63, 3.8) is 0 Å². The standard InChI is InChI=1S/C9H17NO5S/c1-7(2)9(11)15-6-4-8(3-5-10)16(12,13)14/h8H,1,3-6,10H2,2H3,(H,12,13,14). The molecule has 7 heteroatoms. The fraction of sp³-hybridized carbons (Fsp3) is 0.667. The van der Waals surface area contributed by atoms with Crippen molar-refractivity contribution >= 4 is 16.1 Å². The molecule has 6 nitrogen and oxygen atoms in total. The number of rotatable bonds is 7. The smallest absolute Gasteiger partial charge is 0.333 e. The van der Waals surface area contributed by atoms with Crippen LogP contribution in [0.4, 0.5) is 0 Å². The Balaban J connectivity index is 4.15. The first-order valence-corrected chi connectivity index (χ1v) is 6.28. The van der Waals surface area contributed by atoms with Gasteiger partial charge in [0.25, 0.3) is 10.1 Å². The van der Waals surface area contributed by atoms with Crippen LogP contribution in [-0.2, 0) is 19.6 Å². The second kappa shape index (κ2) is 6.62. The quantitative estimate of drug-likeness (QED) is 0.377. The number of carbonyl (C=O) groups is 1. The van der Waals surface area contributed by atoms with Crippen molar-refractivity contribution in [1.82, 2.24) is 0 Å². The van der Waals surface area contributed by atoms with E-state index in [0.717, 1.165) is 0 Å². The Morgan fingerprint density at radius 1 is 1.50 bits per heavy atom. The lowest BCUT2D eigenvalue weighted by Gasteiger charge is -2.12. The molecule has 0 radical (unpaired) electrons. The first-order chi connectivity index (χ1) is 7.29. The van der Waals surface area contributed by atoms with Gasteiger partial charge in [0.1, 0.15) is 0 Å². The summed E-state index contributed by atoms with van der Waals surface area (Å²) >= 11 is 0. The second-order valence-corrected chi connectivity index (χ2v) is 5.12. The van der Waals surface area contributed by atoms with E-state index in [1.54, 1.807) is 0 Å². The lowest BCUT2D eigenvalue weighted by atomic mass is 10.2. The molecule has 0 aromatic heterocycles. The van der Waals surface area contributed by atoms with Crippen LogP contribution in [0.15, 0.2) is 12.2 Å². The molecular formula is C9H17NO5S. The van der Waals surface area contributed by atoms with E-state index < -0.39 is 21.3 Å². The minimum absolute atomic E-state index is 0.0229. The highest BCUT2D eigenvalue weighted by molar-refractivity contribution is 7.86. The molecule has 0 spiro atoms. The van der Waals surface area contributed by atoms with Crippen LogP contribution in [-0.4, -0.2) is 37.3 Å². The summed E-state index contributed by atoms with van der Waals surface area (Å²) in [5.74, 6) is -0.582. The summed E-state index contributed by atoms with van der Waals surface area (Å²) in [6.45, 7) is 4.91. The van der Waals surface area contributed by atoms with Crippen molar-refractivity contribution in [2.45, 2.75) is 25.0 Å². The van der Waals surface area contributed by atoms with Gasteiger partial charge >= 0.3 is 5.97 Å². The summed E-state index contributed by atoms with van der Waals surface area (Å²) in [4.78, 5) is 11.0. The summed E-state index contributed by atoms with van der Waals surface area (Å²) in [7, 11) is -4.14. The summed E-state index contributed by atoms with van der Waals surface area (Å²) in [5.41, 5.74) is 5.45. The van der Waals surface area contributed by atoms with Crippen molar-refractivity contribution in [3.8, 4) is 0 Å². The van der Waals surface area contributed by atoms with Gasteiger partial charge in [-0.05, 0) is 19.9 Å². The predicted molar refractivity (Wildman–Crippen MR) is 59.4 cm³/mol. The van der Waals surface area contributed by atoms with Gasteiger partial charge in [-0.3, -0.25) is 4.55 Å². The van der Waals surface area contributed by atoms with Crippen molar-refractivity contribution in [2.75, 3.05) is 13.2 Å². The van der Waals surface area contributed by atoms with E-state index in [0.29, 0.717) is 0 Å². The molecule has 0 heterocycles. The zero-order chi connectivity index (χ0) is 12.8. The first-order valence-electron chi connectivity index (χ1n) is 4.78. The van der Waals surface area contributed by atoms with Gasteiger partial charge in [-0.1, -0.05) is 6.58 Å². The highest BCUT2D eigenvalue weighted by Crippen LogP contribution is 2.09. The Labute approximate surface area is 95.2 Å². The van der Waals surface area contributed by atoms with E-state index in [-0.39, 0.29) is 31.6 Å². The Kier molecular flexibility index (Phi) is 6.24. The van der Waals surface area contributed by atoms with Crippen LogP contribution < -0.4 is 5.73 Å². The topological polar surface area (TPSA) is 107 Å². The van der Waals surface area contributed by atoms with Crippen LogP contribution in [0.25, 0.3) is 0 Å². The van der Waals surface area contributed by atoms with E-state index >= 15 is 0 Å². The van der Waals surface area contributed by atoms with Gasteiger partial charge in [-0.25, -0.2) is 4.79 Å². The Hall–Kier alpha value is -0.920. The van der Waals surface area contributed by atoms with Crippen molar-refractivity contribution < 1.29 is 22.5 Å². The zero-order valence-corrected chi connectivity index (χ0v) is 10.00. The normalized spacial score (nSPS) is 13.2. The third-order valence-corrected chi connectivity index (χ3v) is 3.25. The predicted octanol–water partition coefficient (Wildman–Crippen LogP) is 0.101. The molecule has 0 bridgehead atoms. The molecule has 3 N–H and O–H groups in total. The maximum Gasteiger partial charge on any atom is 0.333 e. The highest BCUT2D eigenvalue weighted by Gasteiger charge is 2.22. The van der Waals surface area contributed by atoms with E-state index in [9.17, 15) is 13.2 Å². The van der Waals surface area contributed by atoms with Gasteiger partial charge in [0.05, 0.1) is 11.9 Å². The summed E-state index contributed by atoms with van der Waals surface area (Å²) < 4.78 is 35.3. The highest BCUT2D eigenvalue weighted by atomic mass is 32.2. The molecule has 0 aliphatic carbocycles. The van der Waals surface area contributed by atoms with Crippen molar-refractivity contribution in [1.29, 1.82) is 0 Å². The maximum atomic E-state index is 11.0. The van der Waals surface area contributed by atoms with E-state index in [1.165, 1.54) is 6.92 Å². The van der Waals surface area contributed by atoms with Crippen LogP contribution in [0.3, 0.4) is 0 Å². The fourth-order valence-corrected chi connectivity index (χ4v) is 1.86. The Morgan fingerprint density at radius 3 is 2.44 bits per heavy atom. The van der Waals surface area contributed by atoms with Crippen LogP contribution in [0.5, 0.6) is 0 Å². The fourth-order valence-electron chi connectivity index (χ4n) is 1.03. The zero-order valence-electron chi connectivity index (χ0n) is 9.18.